The summed E-state index contributed by atoms with van der Waals surface area (Å²) in [6.07, 6.45) is -4.30. The Morgan fingerprint density at radius 1 is 1.35 bits per heavy atom. The number of halogens is 4. The molecule has 1 aromatic carbocycles. The standard InChI is InChI=1S/C13H12ClF3/c1-7(2)10-11(12(10)14)8-4-3-5-9(6-8)13(15,16)17/h3-6,10-12H,1H2,2H3. The molecule has 3 unspecified atom stereocenters. The fourth-order valence-electron chi connectivity index (χ4n) is 2.17. The Morgan fingerprint density at radius 2 is 2.00 bits per heavy atom. The van der Waals surface area contributed by atoms with Crippen LogP contribution in [0.4, 0.5) is 13.2 Å². The van der Waals surface area contributed by atoms with Crippen molar-refractivity contribution in [2.24, 2.45) is 5.92 Å². The Hall–Kier alpha value is -0.960. The molecule has 4 heteroatoms. The van der Waals surface area contributed by atoms with Gasteiger partial charge in [0, 0.05) is 17.2 Å². The number of hydrogen-bond acceptors (Lipinski definition) is 0. The highest BCUT2D eigenvalue weighted by Crippen LogP contribution is 2.55. The molecule has 0 spiro atoms. The van der Waals surface area contributed by atoms with Crippen molar-refractivity contribution < 1.29 is 13.2 Å². The molecule has 1 aromatic rings. The van der Waals surface area contributed by atoms with E-state index in [9.17, 15) is 13.2 Å². The average molecular weight is 261 g/mol. The molecule has 1 fully saturated rings. The van der Waals surface area contributed by atoms with Gasteiger partial charge in [-0.25, -0.2) is 0 Å². The molecule has 92 valence electrons. The van der Waals surface area contributed by atoms with Crippen molar-refractivity contribution in [1.29, 1.82) is 0 Å². The number of rotatable bonds is 2. The Kier molecular flexibility index (Phi) is 2.98. The van der Waals surface area contributed by atoms with E-state index in [-0.39, 0.29) is 17.2 Å². The number of alkyl halides is 4. The van der Waals surface area contributed by atoms with Gasteiger partial charge in [0.25, 0.3) is 0 Å². The molecule has 0 amide bonds. The molecule has 0 nitrogen and oxygen atoms in total. The lowest BCUT2D eigenvalue weighted by Crippen LogP contribution is -2.05. The average Bonchev–Trinajstić information content (AvgIpc) is 2.89. The van der Waals surface area contributed by atoms with E-state index >= 15 is 0 Å². The third-order valence-electron chi connectivity index (χ3n) is 3.10. The normalized spacial score (nSPS) is 27.9. The van der Waals surface area contributed by atoms with Crippen LogP contribution < -0.4 is 0 Å². The van der Waals surface area contributed by atoms with E-state index in [2.05, 4.69) is 6.58 Å². The monoisotopic (exact) mass is 260 g/mol. The lowest BCUT2D eigenvalue weighted by Gasteiger charge is -2.08. The van der Waals surface area contributed by atoms with Crippen LogP contribution in [0.25, 0.3) is 0 Å². The third kappa shape index (κ3) is 2.34. The maximum absolute atomic E-state index is 12.6. The Bertz CT molecular complexity index is 450. The zero-order valence-electron chi connectivity index (χ0n) is 9.26. The second kappa shape index (κ2) is 4.05. The van der Waals surface area contributed by atoms with Crippen molar-refractivity contribution in [1.82, 2.24) is 0 Å². The second-order valence-electron chi connectivity index (χ2n) is 4.47. The molecular formula is C13H12ClF3. The number of allylic oxidation sites excluding steroid dienone is 1. The topological polar surface area (TPSA) is 0 Å². The van der Waals surface area contributed by atoms with Crippen LogP contribution in [0.15, 0.2) is 36.4 Å². The highest BCUT2D eigenvalue weighted by molar-refractivity contribution is 6.24. The van der Waals surface area contributed by atoms with Gasteiger partial charge in [-0.05, 0) is 18.6 Å². The van der Waals surface area contributed by atoms with Crippen LogP contribution in [0.1, 0.15) is 24.0 Å². The van der Waals surface area contributed by atoms with Gasteiger partial charge < -0.3 is 0 Å². The van der Waals surface area contributed by atoms with Gasteiger partial charge in [-0.2, -0.15) is 13.2 Å². The SMILES string of the molecule is C=C(C)C1C(Cl)C1c1cccc(C(F)(F)F)c1. The van der Waals surface area contributed by atoms with Crippen LogP contribution in [0.2, 0.25) is 0 Å². The Balaban J connectivity index is 2.27. The van der Waals surface area contributed by atoms with E-state index in [0.29, 0.717) is 5.56 Å². The molecule has 2 rings (SSSR count). The fourth-order valence-corrected chi connectivity index (χ4v) is 2.76. The zero-order valence-corrected chi connectivity index (χ0v) is 10.0. The smallest absolute Gasteiger partial charge is 0.166 e. The first-order valence-electron chi connectivity index (χ1n) is 5.29. The van der Waals surface area contributed by atoms with E-state index in [4.69, 9.17) is 11.6 Å². The number of benzene rings is 1. The van der Waals surface area contributed by atoms with Crippen LogP contribution in [0.3, 0.4) is 0 Å². The molecule has 3 atom stereocenters. The summed E-state index contributed by atoms with van der Waals surface area (Å²) in [6, 6.07) is 5.38. The lowest BCUT2D eigenvalue weighted by atomic mass is 10.0. The third-order valence-corrected chi connectivity index (χ3v) is 3.64. The molecule has 1 aliphatic carbocycles. The van der Waals surface area contributed by atoms with Crippen molar-refractivity contribution in [2.75, 3.05) is 0 Å². The van der Waals surface area contributed by atoms with Gasteiger partial charge in [0.1, 0.15) is 0 Å². The molecule has 17 heavy (non-hydrogen) atoms. The lowest BCUT2D eigenvalue weighted by molar-refractivity contribution is -0.137. The first kappa shape index (κ1) is 12.5. The predicted octanol–water partition coefficient (Wildman–Crippen LogP) is 4.60. The molecule has 0 N–H and O–H groups in total. The van der Waals surface area contributed by atoms with Crippen LogP contribution in [0.5, 0.6) is 0 Å². The van der Waals surface area contributed by atoms with Crippen molar-refractivity contribution >= 4 is 11.6 Å². The minimum Gasteiger partial charge on any atom is -0.166 e. The molecular weight excluding hydrogens is 249 g/mol. The maximum Gasteiger partial charge on any atom is 0.416 e. The number of hydrogen-bond donors (Lipinski definition) is 0. The summed E-state index contributed by atoms with van der Waals surface area (Å²) in [5, 5.41) is -0.129. The van der Waals surface area contributed by atoms with Crippen molar-refractivity contribution in [3.8, 4) is 0 Å². The van der Waals surface area contributed by atoms with Crippen molar-refractivity contribution in [3.63, 3.8) is 0 Å². The molecule has 1 saturated carbocycles. The van der Waals surface area contributed by atoms with Crippen LogP contribution in [-0.4, -0.2) is 5.38 Å². The van der Waals surface area contributed by atoms with E-state index < -0.39 is 11.7 Å². The molecule has 0 aliphatic heterocycles. The summed E-state index contributed by atoms with van der Waals surface area (Å²) in [5.74, 6) is 0.0663. The van der Waals surface area contributed by atoms with Gasteiger partial charge in [-0.3, -0.25) is 0 Å². The minimum absolute atomic E-state index is 0.0310. The molecule has 0 bridgehead atoms. The van der Waals surface area contributed by atoms with Gasteiger partial charge in [-0.15, -0.1) is 11.6 Å². The summed E-state index contributed by atoms with van der Waals surface area (Å²) in [4.78, 5) is 0. The van der Waals surface area contributed by atoms with E-state index in [0.717, 1.165) is 11.6 Å². The summed E-state index contributed by atoms with van der Waals surface area (Å²) >= 11 is 6.07. The van der Waals surface area contributed by atoms with Crippen molar-refractivity contribution in [2.45, 2.75) is 24.4 Å². The fraction of sp³-hybridized carbons (Fsp3) is 0.385. The summed E-state index contributed by atoms with van der Waals surface area (Å²) < 4.78 is 37.7. The summed E-state index contributed by atoms with van der Waals surface area (Å²) in [5.41, 5.74) is 0.950. The molecule has 0 heterocycles. The molecule has 0 aromatic heterocycles. The first-order chi connectivity index (χ1) is 7.82. The van der Waals surface area contributed by atoms with Gasteiger partial charge >= 0.3 is 6.18 Å². The zero-order chi connectivity index (χ0) is 12.8. The van der Waals surface area contributed by atoms with E-state index in [1.807, 2.05) is 6.92 Å². The molecule has 0 saturated heterocycles. The quantitative estimate of drug-likeness (QED) is 0.538. The van der Waals surface area contributed by atoms with Crippen LogP contribution in [-0.2, 0) is 6.18 Å². The second-order valence-corrected chi connectivity index (χ2v) is 4.97. The maximum atomic E-state index is 12.6. The highest BCUT2D eigenvalue weighted by Gasteiger charge is 2.50. The van der Waals surface area contributed by atoms with E-state index in [1.165, 1.54) is 12.1 Å². The predicted molar refractivity (Wildman–Crippen MR) is 62.1 cm³/mol. The van der Waals surface area contributed by atoms with Gasteiger partial charge in [0.05, 0.1) is 5.56 Å². The van der Waals surface area contributed by atoms with Crippen LogP contribution >= 0.6 is 11.6 Å². The van der Waals surface area contributed by atoms with Gasteiger partial charge in [0.2, 0.25) is 0 Å². The largest absolute Gasteiger partial charge is 0.416 e. The van der Waals surface area contributed by atoms with E-state index in [1.54, 1.807) is 6.07 Å². The van der Waals surface area contributed by atoms with Crippen molar-refractivity contribution in [3.05, 3.63) is 47.5 Å². The highest BCUT2D eigenvalue weighted by atomic mass is 35.5. The minimum atomic E-state index is -4.30. The summed E-state index contributed by atoms with van der Waals surface area (Å²) in [6.45, 7) is 5.66. The molecule has 1 aliphatic rings. The molecule has 0 radical (unpaired) electrons. The summed E-state index contributed by atoms with van der Waals surface area (Å²) in [7, 11) is 0. The Labute approximate surface area is 103 Å². The first-order valence-corrected chi connectivity index (χ1v) is 5.72. The van der Waals surface area contributed by atoms with Gasteiger partial charge in [0.15, 0.2) is 0 Å². The Morgan fingerprint density at radius 3 is 2.47 bits per heavy atom. The van der Waals surface area contributed by atoms with Gasteiger partial charge in [-0.1, -0.05) is 30.4 Å². The van der Waals surface area contributed by atoms with Crippen LogP contribution in [0, 0.1) is 5.92 Å².